The van der Waals surface area contributed by atoms with Gasteiger partial charge >= 0.3 is 0 Å². The number of benzene rings is 1. The Morgan fingerprint density at radius 3 is 2.28 bits per heavy atom. The van der Waals surface area contributed by atoms with Gasteiger partial charge in [0.05, 0.1) is 11.5 Å². The van der Waals surface area contributed by atoms with Gasteiger partial charge in [-0.05, 0) is 24.1 Å². The smallest absolute Gasteiger partial charge is 0.152 e. The maximum Gasteiger partial charge on any atom is 0.152 e. The molecule has 1 saturated heterocycles. The lowest BCUT2D eigenvalue weighted by Crippen LogP contribution is -2.42. The third kappa shape index (κ3) is 3.03. The molecule has 1 N–H and O–H groups in total. The Hall–Kier alpha value is -1.07. The molecule has 1 atom stereocenters. The number of phenols is 1. The summed E-state index contributed by atoms with van der Waals surface area (Å²) in [5.74, 6) is 0.762. The molecule has 1 fully saturated rings. The third-order valence-corrected chi connectivity index (χ3v) is 5.09. The number of rotatable bonds is 3. The summed E-state index contributed by atoms with van der Waals surface area (Å²) in [6, 6.07) is 7.41. The van der Waals surface area contributed by atoms with E-state index in [0.29, 0.717) is 13.1 Å². The summed E-state index contributed by atoms with van der Waals surface area (Å²) >= 11 is 0. The Morgan fingerprint density at radius 2 is 1.78 bits per heavy atom. The summed E-state index contributed by atoms with van der Waals surface area (Å²) < 4.78 is 22.9. The van der Waals surface area contributed by atoms with Gasteiger partial charge in [0.1, 0.15) is 5.75 Å². The molecule has 18 heavy (non-hydrogen) atoms. The summed E-state index contributed by atoms with van der Waals surface area (Å²) in [5.41, 5.74) is 1.13. The van der Waals surface area contributed by atoms with Gasteiger partial charge in [0.15, 0.2) is 9.84 Å². The lowest BCUT2D eigenvalue weighted by atomic mass is 10.0. The van der Waals surface area contributed by atoms with Crippen molar-refractivity contribution in [1.29, 1.82) is 0 Å². The van der Waals surface area contributed by atoms with Crippen LogP contribution in [0.25, 0.3) is 0 Å². The van der Waals surface area contributed by atoms with Gasteiger partial charge < -0.3 is 5.11 Å². The Balaban J connectivity index is 2.12. The minimum absolute atomic E-state index is 0.237. The highest BCUT2D eigenvalue weighted by Crippen LogP contribution is 2.26. The topological polar surface area (TPSA) is 57.6 Å². The second kappa shape index (κ2) is 5.28. The van der Waals surface area contributed by atoms with Crippen molar-refractivity contribution in [3.8, 4) is 5.75 Å². The average molecular weight is 269 g/mol. The van der Waals surface area contributed by atoms with Crippen LogP contribution in [0.15, 0.2) is 24.3 Å². The van der Waals surface area contributed by atoms with Crippen LogP contribution in [0, 0.1) is 0 Å². The van der Waals surface area contributed by atoms with Gasteiger partial charge in [0, 0.05) is 19.1 Å². The molecular weight excluding hydrogens is 250 g/mol. The second-order valence-corrected chi connectivity index (χ2v) is 7.01. The molecule has 1 unspecified atom stereocenters. The molecule has 1 aromatic rings. The maximum atomic E-state index is 11.4. The van der Waals surface area contributed by atoms with Crippen molar-refractivity contribution in [1.82, 2.24) is 4.90 Å². The van der Waals surface area contributed by atoms with Crippen LogP contribution in [-0.2, 0) is 9.84 Å². The van der Waals surface area contributed by atoms with E-state index in [1.54, 1.807) is 12.1 Å². The summed E-state index contributed by atoms with van der Waals surface area (Å²) in [6.07, 6.45) is 0.935. The molecule has 0 aliphatic carbocycles. The molecule has 0 spiro atoms. The van der Waals surface area contributed by atoms with Gasteiger partial charge in [-0.15, -0.1) is 0 Å². The van der Waals surface area contributed by atoms with E-state index >= 15 is 0 Å². The predicted octanol–water partition coefficient (Wildman–Crippen LogP) is 1.57. The Bertz CT molecular complexity index is 481. The van der Waals surface area contributed by atoms with Gasteiger partial charge in [-0.25, -0.2) is 8.42 Å². The number of sulfone groups is 1. The van der Waals surface area contributed by atoms with E-state index < -0.39 is 9.84 Å². The van der Waals surface area contributed by atoms with E-state index in [-0.39, 0.29) is 23.3 Å². The highest BCUT2D eigenvalue weighted by molar-refractivity contribution is 7.91. The highest BCUT2D eigenvalue weighted by atomic mass is 32.2. The van der Waals surface area contributed by atoms with E-state index in [0.717, 1.165) is 12.0 Å². The normalized spacial score (nSPS) is 21.6. The van der Waals surface area contributed by atoms with Crippen molar-refractivity contribution >= 4 is 9.84 Å². The first-order valence-corrected chi connectivity index (χ1v) is 8.07. The molecule has 5 heteroatoms. The minimum atomic E-state index is -2.83. The van der Waals surface area contributed by atoms with Gasteiger partial charge in [-0.2, -0.15) is 0 Å². The molecule has 1 aliphatic rings. The van der Waals surface area contributed by atoms with E-state index in [1.165, 1.54) is 0 Å². The van der Waals surface area contributed by atoms with Gasteiger partial charge in [0.25, 0.3) is 0 Å². The Kier molecular flexibility index (Phi) is 3.92. The van der Waals surface area contributed by atoms with Crippen molar-refractivity contribution in [2.75, 3.05) is 24.6 Å². The van der Waals surface area contributed by atoms with Crippen molar-refractivity contribution in [2.24, 2.45) is 0 Å². The molecule has 2 rings (SSSR count). The molecule has 0 aromatic heterocycles. The lowest BCUT2D eigenvalue weighted by molar-refractivity contribution is 0.208. The first-order chi connectivity index (χ1) is 8.52. The van der Waals surface area contributed by atoms with Crippen LogP contribution in [-0.4, -0.2) is 43.0 Å². The largest absolute Gasteiger partial charge is 0.508 e. The molecule has 1 heterocycles. The van der Waals surface area contributed by atoms with Crippen molar-refractivity contribution < 1.29 is 13.5 Å². The Morgan fingerprint density at radius 1 is 1.22 bits per heavy atom. The molecule has 0 saturated carbocycles. The standard InChI is InChI=1S/C13H19NO3S/c1-2-13(11-3-5-12(15)6-4-11)14-7-9-18(16,17)10-8-14/h3-6,13,15H,2,7-10H2,1H3. The number of hydrogen-bond acceptors (Lipinski definition) is 4. The third-order valence-electron chi connectivity index (χ3n) is 3.48. The van der Waals surface area contributed by atoms with E-state index in [1.807, 2.05) is 12.1 Å². The molecule has 1 aliphatic heterocycles. The van der Waals surface area contributed by atoms with Crippen LogP contribution < -0.4 is 0 Å². The number of hydrogen-bond donors (Lipinski definition) is 1. The average Bonchev–Trinajstić information content (AvgIpc) is 2.34. The maximum absolute atomic E-state index is 11.4. The van der Waals surface area contributed by atoms with Crippen LogP contribution in [0.1, 0.15) is 24.9 Å². The fraction of sp³-hybridized carbons (Fsp3) is 0.538. The number of aromatic hydroxyl groups is 1. The van der Waals surface area contributed by atoms with Crippen LogP contribution >= 0.6 is 0 Å². The van der Waals surface area contributed by atoms with E-state index in [4.69, 9.17) is 0 Å². The van der Waals surface area contributed by atoms with Gasteiger partial charge in [0.2, 0.25) is 0 Å². The zero-order chi connectivity index (χ0) is 13.2. The highest BCUT2D eigenvalue weighted by Gasteiger charge is 2.26. The number of nitrogens with zero attached hydrogens (tertiary/aromatic N) is 1. The molecule has 4 nitrogen and oxygen atoms in total. The Labute approximate surface area is 108 Å². The van der Waals surface area contributed by atoms with E-state index in [2.05, 4.69) is 11.8 Å². The molecule has 100 valence electrons. The van der Waals surface area contributed by atoms with Crippen LogP contribution in [0.3, 0.4) is 0 Å². The monoisotopic (exact) mass is 269 g/mol. The van der Waals surface area contributed by atoms with Crippen molar-refractivity contribution in [3.05, 3.63) is 29.8 Å². The summed E-state index contributed by atoms with van der Waals surface area (Å²) in [4.78, 5) is 2.22. The first kappa shape index (κ1) is 13.4. The predicted molar refractivity (Wildman–Crippen MR) is 71.4 cm³/mol. The van der Waals surface area contributed by atoms with Gasteiger partial charge in [-0.3, -0.25) is 4.90 Å². The summed E-state index contributed by atoms with van der Waals surface area (Å²) in [5, 5.41) is 9.30. The number of phenolic OH excluding ortho intramolecular Hbond substituents is 1. The summed E-state index contributed by atoms with van der Waals surface area (Å²) in [6.45, 7) is 3.30. The first-order valence-electron chi connectivity index (χ1n) is 6.25. The molecular formula is C13H19NO3S. The molecule has 0 radical (unpaired) electrons. The van der Waals surface area contributed by atoms with Crippen molar-refractivity contribution in [3.63, 3.8) is 0 Å². The minimum Gasteiger partial charge on any atom is -0.508 e. The lowest BCUT2D eigenvalue weighted by Gasteiger charge is -2.34. The second-order valence-electron chi connectivity index (χ2n) is 4.70. The zero-order valence-corrected chi connectivity index (χ0v) is 11.4. The summed E-state index contributed by atoms with van der Waals surface area (Å²) in [7, 11) is -2.83. The SMILES string of the molecule is CCC(c1ccc(O)cc1)N1CCS(=O)(=O)CC1. The van der Waals surface area contributed by atoms with E-state index in [9.17, 15) is 13.5 Å². The van der Waals surface area contributed by atoms with Crippen LogP contribution in [0.4, 0.5) is 0 Å². The molecule has 1 aromatic carbocycles. The fourth-order valence-electron chi connectivity index (χ4n) is 2.44. The zero-order valence-electron chi connectivity index (χ0n) is 10.5. The fourth-order valence-corrected chi connectivity index (χ4v) is 3.67. The van der Waals surface area contributed by atoms with Gasteiger partial charge in [-0.1, -0.05) is 19.1 Å². The molecule has 0 amide bonds. The van der Waals surface area contributed by atoms with Crippen LogP contribution in [0.5, 0.6) is 5.75 Å². The van der Waals surface area contributed by atoms with Crippen molar-refractivity contribution in [2.45, 2.75) is 19.4 Å². The quantitative estimate of drug-likeness (QED) is 0.905. The molecule has 0 bridgehead atoms. The van der Waals surface area contributed by atoms with Crippen LogP contribution in [0.2, 0.25) is 0 Å².